The molecule has 0 bridgehead atoms. The van der Waals surface area contributed by atoms with E-state index in [9.17, 15) is 9.59 Å². The van der Waals surface area contributed by atoms with E-state index in [1.807, 2.05) is 18.2 Å². The molecule has 4 rings (SSSR count). The highest BCUT2D eigenvalue weighted by Gasteiger charge is 2.42. The molecule has 23 heavy (non-hydrogen) atoms. The Kier molecular flexibility index (Phi) is 3.83. The number of imide groups is 1. The highest BCUT2D eigenvalue weighted by Crippen LogP contribution is 2.36. The molecule has 1 aromatic carbocycles. The van der Waals surface area contributed by atoms with Gasteiger partial charge in [0.1, 0.15) is 0 Å². The van der Waals surface area contributed by atoms with Gasteiger partial charge in [-0.25, -0.2) is 0 Å². The Hall–Kier alpha value is -1.84. The second-order valence-corrected chi connectivity index (χ2v) is 7.02. The summed E-state index contributed by atoms with van der Waals surface area (Å²) in [6, 6.07) is 5.87. The van der Waals surface area contributed by atoms with E-state index in [0.29, 0.717) is 11.1 Å². The average molecular weight is 312 g/mol. The van der Waals surface area contributed by atoms with Gasteiger partial charge in [-0.2, -0.15) is 0 Å². The first-order valence-electron chi connectivity index (χ1n) is 9.03. The van der Waals surface area contributed by atoms with Gasteiger partial charge in [0.15, 0.2) is 0 Å². The van der Waals surface area contributed by atoms with Crippen LogP contribution in [0, 0.1) is 0 Å². The summed E-state index contributed by atoms with van der Waals surface area (Å²) in [4.78, 5) is 29.7. The number of amides is 2. The van der Waals surface area contributed by atoms with Crippen molar-refractivity contribution in [1.82, 2.24) is 4.90 Å². The van der Waals surface area contributed by atoms with E-state index in [0.717, 1.165) is 57.3 Å². The van der Waals surface area contributed by atoms with Crippen molar-refractivity contribution < 1.29 is 9.59 Å². The summed E-state index contributed by atoms with van der Waals surface area (Å²) in [5, 5.41) is 0. The summed E-state index contributed by atoms with van der Waals surface area (Å²) in [6.07, 6.45) is 8.98. The Bertz CT molecular complexity index is 628. The van der Waals surface area contributed by atoms with Crippen molar-refractivity contribution in [3.8, 4) is 0 Å². The van der Waals surface area contributed by atoms with E-state index in [4.69, 9.17) is 0 Å². The minimum atomic E-state index is -0.0734. The van der Waals surface area contributed by atoms with E-state index < -0.39 is 0 Å². The van der Waals surface area contributed by atoms with Crippen molar-refractivity contribution in [2.75, 3.05) is 18.0 Å². The summed E-state index contributed by atoms with van der Waals surface area (Å²) >= 11 is 0. The minimum Gasteiger partial charge on any atom is -0.371 e. The smallest absolute Gasteiger partial charge is 0.263 e. The Labute approximate surface area is 137 Å². The van der Waals surface area contributed by atoms with Crippen LogP contribution in [0.3, 0.4) is 0 Å². The number of hydrogen-bond donors (Lipinski definition) is 0. The fraction of sp³-hybridized carbons (Fsp3) is 0.579. The predicted octanol–water partition coefficient (Wildman–Crippen LogP) is 3.61. The summed E-state index contributed by atoms with van der Waals surface area (Å²) in [5.41, 5.74) is 2.24. The topological polar surface area (TPSA) is 40.6 Å². The number of nitrogens with zero attached hydrogens (tertiary/aromatic N) is 2. The van der Waals surface area contributed by atoms with Gasteiger partial charge in [0.25, 0.3) is 11.8 Å². The Balaban J connectivity index is 1.69. The number of carbonyl (C=O) groups excluding carboxylic acids is 2. The molecule has 1 aromatic rings. The number of piperidine rings is 1. The van der Waals surface area contributed by atoms with E-state index in [1.54, 1.807) is 4.90 Å². The third-order valence-electron chi connectivity index (χ3n) is 5.56. The van der Waals surface area contributed by atoms with Gasteiger partial charge in [-0.15, -0.1) is 0 Å². The lowest BCUT2D eigenvalue weighted by Crippen LogP contribution is -2.41. The number of fused-ring (bicyclic) bond motifs is 1. The van der Waals surface area contributed by atoms with Gasteiger partial charge in [0.2, 0.25) is 0 Å². The Morgan fingerprint density at radius 3 is 2.26 bits per heavy atom. The molecule has 0 unspecified atom stereocenters. The first kappa shape index (κ1) is 14.7. The average Bonchev–Trinajstić information content (AvgIpc) is 2.88. The Morgan fingerprint density at radius 1 is 0.826 bits per heavy atom. The van der Waals surface area contributed by atoms with Crippen LogP contribution in [0.2, 0.25) is 0 Å². The molecule has 4 nitrogen and oxygen atoms in total. The van der Waals surface area contributed by atoms with Crippen molar-refractivity contribution in [1.29, 1.82) is 0 Å². The molecule has 2 amide bonds. The van der Waals surface area contributed by atoms with Crippen LogP contribution >= 0.6 is 0 Å². The molecule has 2 aliphatic heterocycles. The van der Waals surface area contributed by atoms with Gasteiger partial charge in [0.05, 0.1) is 16.8 Å². The highest BCUT2D eigenvalue weighted by molar-refractivity contribution is 6.24. The SMILES string of the molecule is O=C1c2cccc(N3CCCCC3)c2C(=O)N1C1CCCCC1. The van der Waals surface area contributed by atoms with Gasteiger partial charge in [0, 0.05) is 19.1 Å². The monoisotopic (exact) mass is 312 g/mol. The molecule has 4 heteroatoms. The fourth-order valence-corrected chi connectivity index (χ4v) is 4.35. The van der Waals surface area contributed by atoms with Crippen molar-refractivity contribution in [2.45, 2.75) is 57.4 Å². The molecule has 1 saturated heterocycles. The van der Waals surface area contributed by atoms with Crippen LogP contribution in [0.4, 0.5) is 5.69 Å². The summed E-state index contributed by atoms with van der Waals surface area (Å²) in [6.45, 7) is 1.97. The van der Waals surface area contributed by atoms with Crippen LogP contribution in [-0.2, 0) is 0 Å². The molecule has 1 aliphatic carbocycles. The molecule has 1 saturated carbocycles. The maximum atomic E-state index is 13.0. The van der Waals surface area contributed by atoms with Gasteiger partial charge in [-0.05, 0) is 44.2 Å². The highest BCUT2D eigenvalue weighted by atomic mass is 16.2. The Morgan fingerprint density at radius 2 is 1.52 bits per heavy atom. The molecular formula is C19H24N2O2. The van der Waals surface area contributed by atoms with E-state index in [1.165, 1.54) is 12.8 Å². The normalized spacial score (nSPS) is 22.6. The van der Waals surface area contributed by atoms with Crippen LogP contribution in [0.25, 0.3) is 0 Å². The zero-order valence-corrected chi connectivity index (χ0v) is 13.6. The molecule has 0 atom stereocenters. The zero-order chi connectivity index (χ0) is 15.8. The number of carbonyl (C=O) groups is 2. The number of benzene rings is 1. The molecule has 0 radical (unpaired) electrons. The lowest BCUT2D eigenvalue weighted by atomic mass is 9.94. The largest absolute Gasteiger partial charge is 0.371 e. The van der Waals surface area contributed by atoms with Crippen LogP contribution < -0.4 is 4.90 Å². The lowest BCUT2D eigenvalue weighted by Gasteiger charge is -2.31. The first-order chi connectivity index (χ1) is 11.3. The van der Waals surface area contributed by atoms with Crippen molar-refractivity contribution in [3.63, 3.8) is 0 Å². The number of anilines is 1. The summed E-state index contributed by atoms with van der Waals surface area (Å²) in [7, 11) is 0. The molecular weight excluding hydrogens is 288 g/mol. The third-order valence-corrected chi connectivity index (χ3v) is 5.56. The third kappa shape index (κ3) is 2.44. The second-order valence-electron chi connectivity index (χ2n) is 7.02. The molecule has 122 valence electrons. The molecule has 0 N–H and O–H groups in total. The van der Waals surface area contributed by atoms with Crippen LogP contribution in [0.15, 0.2) is 18.2 Å². The van der Waals surface area contributed by atoms with Gasteiger partial charge < -0.3 is 4.90 Å². The van der Waals surface area contributed by atoms with Crippen LogP contribution in [0.5, 0.6) is 0 Å². The van der Waals surface area contributed by atoms with Crippen molar-refractivity contribution in [2.24, 2.45) is 0 Å². The molecule has 3 aliphatic rings. The quantitative estimate of drug-likeness (QED) is 0.783. The molecule has 2 heterocycles. The number of hydrogen-bond acceptors (Lipinski definition) is 3. The molecule has 0 spiro atoms. The van der Waals surface area contributed by atoms with Gasteiger partial charge in [-0.1, -0.05) is 25.3 Å². The minimum absolute atomic E-state index is 0.0573. The maximum absolute atomic E-state index is 13.0. The maximum Gasteiger partial charge on any atom is 0.263 e. The predicted molar refractivity (Wildman–Crippen MR) is 89.9 cm³/mol. The van der Waals surface area contributed by atoms with Gasteiger partial charge in [-0.3, -0.25) is 14.5 Å². The molecule has 2 fully saturated rings. The van der Waals surface area contributed by atoms with Crippen LogP contribution in [0.1, 0.15) is 72.1 Å². The van der Waals surface area contributed by atoms with E-state index in [2.05, 4.69) is 4.90 Å². The second kappa shape index (κ2) is 5.99. The van der Waals surface area contributed by atoms with Crippen molar-refractivity contribution >= 4 is 17.5 Å². The zero-order valence-electron chi connectivity index (χ0n) is 13.6. The summed E-state index contributed by atoms with van der Waals surface area (Å²) in [5.74, 6) is -0.131. The van der Waals surface area contributed by atoms with E-state index >= 15 is 0 Å². The summed E-state index contributed by atoms with van der Waals surface area (Å²) < 4.78 is 0. The van der Waals surface area contributed by atoms with Gasteiger partial charge >= 0.3 is 0 Å². The van der Waals surface area contributed by atoms with E-state index in [-0.39, 0.29) is 17.9 Å². The number of rotatable bonds is 2. The molecule has 0 aromatic heterocycles. The standard InChI is InChI=1S/C19H24N2O2/c22-18-15-10-7-11-16(20-12-5-2-6-13-20)17(15)19(23)21(18)14-8-3-1-4-9-14/h7,10-11,14H,1-6,8-9,12-13H2. The fourth-order valence-electron chi connectivity index (χ4n) is 4.35. The van der Waals surface area contributed by atoms with Crippen LogP contribution in [-0.4, -0.2) is 35.8 Å². The van der Waals surface area contributed by atoms with Crippen molar-refractivity contribution in [3.05, 3.63) is 29.3 Å². The lowest BCUT2D eigenvalue weighted by molar-refractivity contribution is 0.0549. The first-order valence-corrected chi connectivity index (χ1v) is 9.03.